The van der Waals surface area contributed by atoms with Crippen molar-refractivity contribution in [2.75, 3.05) is 16.8 Å². The third kappa shape index (κ3) is 3.97. The van der Waals surface area contributed by atoms with Gasteiger partial charge in [-0.15, -0.1) is 0 Å². The normalized spacial score (nSPS) is 13.4. The Hall–Kier alpha value is -3.00. The smallest absolute Gasteiger partial charge is 0.271 e. The van der Waals surface area contributed by atoms with Crippen molar-refractivity contribution in [1.29, 1.82) is 0 Å². The molecule has 1 saturated heterocycles. The van der Waals surface area contributed by atoms with Crippen LogP contribution in [0.2, 0.25) is 0 Å². The molecule has 0 bridgehead atoms. The van der Waals surface area contributed by atoms with Gasteiger partial charge in [0.25, 0.3) is 5.91 Å². The van der Waals surface area contributed by atoms with Crippen molar-refractivity contribution in [1.82, 2.24) is 10.9 Å². The number of carbonyl (C=O) groups is 2. The number of thiocarbonyl (C=S) groups is 1. The summed E-state index contributed by atoms with van der Waals surface area (Å²) in [6.07, 6.45) is 1.24. The molecule has 0 saturated carbocycles. The van der Waals surface area contributed by atoms with Gasteiger partial charge < -0.3 is 10.2 Å². The molecule has 2 aromatic rings. The fourth-order valence-electron chi connectivity index (χ4n) is 2.70. The third-order valence-electron chi connectivity index (χ3n) is 3.92. The molecule has 1 fully saturated rings. The average molecular weight is 372 g/mol. The molecule has 26 heavy (non-hydrogen) atoms. The van der Waals surface area contributed by atoms with E-state index in [2.05, 4.69) is 16.2 Å². The van der Waals surface area contributed by atoms with E-state index in [1.54, 1.807) is 41.3 Å². The number of hydrogen-bond donors (Lipinski definition) is 3. The molecule has 2 amide bonds. The first-order valence-corrected chi connectivity index (χ1v) is 8.48. The number of para-hydroxylation sites is 2. The molecule has 0 radical (unpaired) electrons. The fraction of sp³-hybridized carbons (Fsp3) is 0.167. The number of anilines is 2. The van der Waals surface area contributed by atoms with E-state index < -0.39 is 11.7 Å². The van der Waals surface area contributed by atoms with Crippen molar-refractivity contribution in [3.63, 3.8) is 0 Å². The summed E-state index contributed by atoms with van der Waals surface area (Å²) in [7, 11) is 0. The van der Waals surface area contributed by atoms with E-state index in [0.29, 0.717) is 24.2 Å². The molecular formula is C18H17FN4O2S. The second kappa shape index (κ2) is 7.92. The van der Waals surface area contributed by atoms with Crippen molar-refractivity contribution in [2.24, 2.45) is 0 Å². The SMILES string of the molecule is O=C(NNC(=S)Nc1ccccc1F)c1ccccc1N1CCCC1=O. The van der Waals surface area contributed by atoms with Crippen LogP contribution in [-0.4, -0.2) is 23.5 Å². The van der Waals surface area contributed by atoms with Crippen LogP contribution in [-0.2, 0) is 4.79 Å². The maximum atomic E-state index is 13.6. The molecule has 1 aliphatic heterocycles. The van der Waals surface area contributed by atoms with Crippen LogP contribution in [0.1, 0.15) is 23.2 Å². The van der Waals surface area contributed by atoms with E-state index in [1.807, 2.05) is 0 Å². The largest absolute Gasteiger partial charge is 0.329 e. The molecule has 0 spiro atoms. The van der Waals surface area contributed by atoms with Crippen molar-refractivity contribution in [3.05, 3.63) is 59.9 Å². The first kappa shape index (κ1) is 17.8. The highest BCUT2D eigenvalue weighted by molar-refractivity contribution is 7.80. The summed E-state index contributed by atoms with van der Waals surface area (Å²) in [6, 6.07) is 12.9. The monoisotopic (exact) mass is 372 g/mol. The van der Waals surface area contributed by atoms with E-state index in [-0.39, 0.29) is 16.7 Å². The summed E-state index contributed by atoms with van der Waals surface area (Å²) >= 11 is 5.05. The van der Waals surface area contributed by atoms with Crippen LogP contribution >= 0.6 is 12.2 Å². The number of nitrogens with zero attached hydrogens (tertiary/aromatic N) is 1. The highest BCUT2D eigenvalue weighted by Gasteiger charge is 2.25. The lowest BCUT2D eigenvalue weighted by Crippen LogP contribution is -2.44. The van der Waals surface area contributed by atoms with Gasteiger partial charge in [-0.1, -0.05) is 24.3 Å². The van der Waals surface area contributed by atoms with Gasteiger partial charge in [0.1, 0.15) is 5.82 Å². The maximum Gasteiger partial charge on any atom is 0.271 e. The molecule has 1 heterocycles. The Morgan fingerprint density at radius 3 is 2.54 bits per heavy atom. The van der Waals surface area contributed by atoms with Crippen molar-refractivity contribution in [3.8, 4) is 0 Å². The predicted octanol–water partition coefficient (Wildman–Crippen LogP) is 2.58. The Morgan fingerprint density at radius 1 is 1.08 bits per heavy atom. The van der Waals surface area contributed by atoms with Gasteiger partial charge in [-0.3, -0.25) is 20.4 Å². The zero-order valence-corrected chi connectivity index (χ0v) is 14.6. The topological polar surface area (TPSA) is 73.5 Å². The van der Waals surface area contributed by atoms with Gasteiger partial charge in [-0.05, 0) is 42.9 Å². The summed E-state index contributed by atoms with van der Waals surface area (Å²) in [6.45, 7) is 0.587. The molecular weight excluding hydrogens is 355 g/mol. The second-order valence-corrected chi connectivity index (χ2v) is 6.09. The summed E-state index contributed by atoms with van der Waals surface area (Å²) in [5.41, 5.74) is 6.11. The average Bonchev–Trinajstić information content (AvgIpc) is 3.07. The molecule has 1 aliphatic rings. The Kier molecular flexibility index (Phi) is 5.43. The molecule has 8 heteroatoms. The van der Waals surface area contributed by atoms with E-state index >= 15 is 0 Å². The van der Waals surface area contributed by atoms with Gasteiger partial charge in [0, 0.05) is 13.0 Å². The van der Waals surface area contributed by atoms with Crippen molar-refractivity contribution >= 4 is 40.5 Å². The minimum Gasteiger partial charge on any atom is -0.329 e. The molecule has 3 rings (SSSR count). The first-order valence-electron chi connectivity index (χ1n) is 8.07. The van der Waals surface area contributed by atoms with Crippen molar-refractivity contribution in [2.45, 2.75) is 12.8 Å². The number of hydrogen-bond acceptors (Lipinski definition) is 3. The number of halogens is 1. The fourth-order valence-corrected chi connectivity index (χ4v) is 2.86. The van der Waals surface area contributed by atoms with E-state index in [4.69, 9.17) is 12.2 Å². The lowest BCUT2D eigenvalue weighted by Gasteiger charge is -2.19. The highest BCUT2D eigenvalue weighted by Crippen LogP contribution is 2.25. The van der Waals surface area contributed by atoms with Crippen LogP contribution in [0.5, 0.6) is 0 Å². The van der Waals surface area contributed by atoms with Crippen molar-refractivity contribution < 1.29 is 14.0 Å². The molecule has 0 unspecified atom stereocenters. The molecule has 134 valence electrons. The minimum atomic E-state index is -0.458. The van der Waals surface area contributed by atoms with Gasteiger partial charge in [0.05, 0.1) is 16.9 Å². The third-order valence-corrected chi connectivity index (χ3v) is 4.13. The Balaban J connectivity index is 1.65. The van der Waals surface area contributed by atoms with Crippen LogP contribution in [0.4, 0.5) is 15.8 Å². The van der Waals surface area contributed by atoms with E-state index in [9.17, 15) is 14.0 Å². The summed E-state index contributed by atoms with van der Waals surface area (Å²) < 4.78 is 13.6. The molecule has 0 aliphatic carbocycles. The number of amides is 2. The van der Waals surface area contributed by atoms with Gasteiger partial charge >= 0.3 is 0 Å². The molecule has 2 aromatic carbocycles. The highest BCUT2D eigenvalue weighted by atomic mass is 32.1. The Morgan fingerprint density at radius 2 is 1.81 bits per heavy atom. The summed E-state index contributed by atoms with van der Waals surface area (Å²) in [4.78, 5) is 26.0. The zero-order chi connectivity index (χ0) is 18.5. The summed E-state index contributed by atoms with van der Waals surface area (Å²) in [5.74, 6) is -0.909. The van der Waals surface area contributed by atoms with Crippen LogP contribution < -0.4 is 21.1 Å². The number of hydrazine groups is 1. The van der Waals surface area contributed by atoms with Crippen LogP contribution in [0.15, 0.2) is 48.5 Å². The first-order chi connectivity index (χ1) is 12.6. The number of benzene rings is 2. The number of nitrogens with one attached hydrogen (secondary N) is 3. The lowest BCUT2D eigenvalue weighted by atomic mass is 10.1. The number of carbonyl (C=O) groups excluding carboxylic acids is 2. The Bertz CT molecular complexity index is 859. The quantitative estimate of drug-likeness (QED) is 0.571. The lowest BCUT2D eigenvalue weighted by molar-refractivity contribution is -0.117. The van der Waals surface area contributed by atoms with Crippen LogP contribution in [0, 0.1) is 5.82 Å². The molecule has 6 nitrogen and oxygen atoms in total. The Labute approximate surface area is 155 Å². The predicted molar refractivity (Wildman–Crippen MR) is 101 cm³/mol. The number of rotatable bonds is 3. The van der Waals surface area contributed by atoms with E-state index in [0.717, 1.165) is 6.42 Å². The van der Waals surface area contributed by atoms with Gasteiger partial charge in [0.2, 0.25) is 5.91 Å². The van der Waals surface area contributed by atoms with E-state index in [1.165, 1.54) is 12.1 Å². The molecule has 0 atom stereocenters. The van der Waals surface area contributed by atoms with Gasteiger partial charge in [-0.2, -0.15) is 0 Å². The summed E-state index contributed by atoms with van der Waals surface area (Å²) in [5, 5.41) is 2.70. The van der Waals surface area contributed by atoms with Gasteiger partial charge in [0.15, 0.2) is 5.11 Å². The van der Waals surface area contributed by atoms with Crippen LogP contribution in [0.3, 0.4) is 0 Å². The zero-order valence-electron chi connectivity index (χ0n) is 13.8. The standard InChI is InChI=1S/C18H17FN4O2S/c19-13-7-2-3-8-14(13)20-18(26)22-21-17(25)12-6-1-4-9-15(12)23-11-5-10-16(23)24/h1-4,6-9H,5,10-11H2,(H,21,25)(H2,20,22,26). The van der Waals surface area contributed by atoms with Crippen LogP contribution in [0.25, 0.3) is 0 Å². The second-order valence-electron chi connectivity index (χ2n) is 5.68. The van der Waals surface area contributed by atoms with Gasteiger partial charge in [-0.25, -0.2) is 4.39 Å². The molecule has 0 aromatic heterocycles. The maximum absolute atomic E-state index is 13.6. The minimum absolute atomic E-state index is 0.00468. The molecule has 3 N–H and O–H groups in total.